The molecule has 2 fully saturated rings. The molecule has 1 saturated heterocycles. The van der Waals surface area contributed by atoms with Gasteiger partial charge in [-0.15, -0.1) is 11.8 Å². The van der Waals surface area contributed by atoms with E-state index in [0.717, 1.165) is 11.2 Å². The number of hydrogen-bond acceptors (Lipinski definition) is 1. The number of fused-ring (bicyclic) bond motifs is 2. The van der Waals surface area contributed by atoms with Crippen LogP contribution in [0.3, 0.4) is 0 Å². The zero-order valence-corrected chi connectivity index (χ0v) is 8.21. The van der Waals surface area contributed by atoms with Gasteiger partial charge in [0.25, 0.3) is 0 Å². The zero-order valence-electron chi connectivity index (χ0n) is 7.39. The maximum absolute atomic E-state index is 4.14. The Balaban J connectivity index is 2.22. The second-order valence-electron chi connectivity index (χ2n) is 4.34. The van der Waals surface area contributed by atoms with Crippen LogP contribution in [-0.2, 0) is 0 Å². The Kier molecular flexibility index (Phi) is 1.61. The summed E-state index contributed by atoms with van der Waals surface area (Å²) in [5, 5.41) is 0.795. The molecule has 2 aliphatic rings. The van der Waals surface area contributed by atoms with Crippen LogP contribution in [-0.4, -0.2) is 10.00 Å². The summed E-state index contributed by atoms with van der Waals surface area (Å²) in [7, 11) is 0. The van der Waals surface area contributed by atoms with Crippen molar-refractivity contribution in [2.45, 2.75) is 43.1 Å². The molecule has 1 heterocycles. The van der Waals surface area contributed by atoms with E-state index in [4.69, 9.17) is 0 Å². The van der Waals surface area contributed by atoms with Gasteiger partial charge in [0, 0.05) is 10.00 Å². The molecule has 0 aromatic carbocycles. The molecule has 62 valence electrons. The molecule has 2 atom stereocenters. The summed E-state index contributed by atoms with van der Waals surface area (Å²) in [5.41, 5.74) is 1.50. The van der Waals surface area contributed by atoms with Crippen molar-refractivity contribution in [1.29, 1.82) is 0 Å². The summed E-state index contributed by atoms with van der Waals surface area (Å²) >= 11 is 2.15. The molecule has 0 amide bonds. The topological polar surface area (TPSA) is 0 Å². The van der Waals surface area contributed by atoms with E-state index < -0.39 is 0 Å². The normalized spacial score (nSPS) is 41.1. The van der Waals surface area contributed by atoms with Gasteiger partial charge in [-0.3, -0.25) is 0 Å². The number of rotatable bonds is 0. The van der Waals surface area contributed by atoms with Gasteiger partial charge in [-0.25, -0.2) is 0 Å². The van der Waals surface area contributed by atoms with Crippen molar-refractivity contribution in [1.82, 2.24) is 0 Å². The fraction of sp³-hybridized carbons (Fsp3) is 0.800. The largest absolute Gasteiger partial charge is 0.148 e. The number of thioether (sulfide) groups is 1. The molecule has 2 bridgehead atoms. The van der Waals surface area contributed by atoms with Gasteiger partial charge in [-0.1, -0.05) is 26.0 Å². The minimum Gasteiger partial charge on any atom is -0.148 e. The van der Waals surface area contributed by atoms with Gasteiger partial charge in [0.1, 0.15) is 0 Å². The van der Waals surface area contributed by atoms with Crippen LogP contribution in [0, 0.1) is 5.92 Å². The summed E-state index contributed by atoms with van der Waals surface area (Å²) in [5.74, 6) is 0.961. The molecule has 0 nitrogen and oxygen atoms in total. The molecule has 0 N–H and O–H groups in total. The Morgan fingerprint density at radius 3 is 2.91 bits per heavy atom. The van der Waals surface area contributed by atoms with E-state index in [1.54, 1.807) is 0 Å². The average Bonchev–Trinajstić information content (AvgIpc) is 2.16. The quantitative estimate of drug-likeness (QED) is 0.500. The molecule has 1 heteroatoms. The molecule has 0 unspecified atom stereocenters. The molecule has 2 rings (SSSR count). The second kappa shape index (κ2) is 2.29. The first-order chi connectivity index (χ1) is 5.09. The first-order valence-electron chi connectivity index (χ1n) is 4.45. The van der Waals surface area contributed by atoms with Gasteiger partial charge in [-0.2, -0.15) is 0 Å². The van der Waals surface area contributed by atoms with Crippen molar-refractivity contribution in [2.75, 3.05) is 0 Å². The fourth-order valence-electron chi connectivity index (χ4n) is 2.29. The summed E-state index contributed by atoms with van der Waals surface area (Å²) in [6, 6.07) is 0. The molecule has 11 heavy (non-hydrogen) atoms. The Morgan fingerprint density at radius 1 is 1.55 bits per heavy atom. The van der Waals surface area contributed by atoms with Crippen molar-refractivity contribution in [2.24, 2.45) is 5.92 Å². The van der Waals surface area contributed by atoms with Crippen molar-refractivity contribution >= 4 is 11.8 Å². The highest BCUT2D eigenvalue weighted by Gasteiger charge is 2.44. The highest BCUT2D eigenvalue weighted by molar-refractivity contribution is 8.01. The van der Waals surface area contributed by atoms with Crippen molar-refractivity contribution in [3.05, 3.63) is 12.2 Å². The van der Waals surface area contributed by atoms with Gasteiger partial charge in [-0.05, 0) is 25.2 Å². The Bertz CT molecular complexity index is 193. The molecule has 0 spiro atoms. The van der Waals surface area contributed by atoms with Crippen molar-refractivity contribution in [3.8, 4) is 0 Å². The van der Waals surface area contributed by atoms with E-state index in [0.29, 0.717) is 4.75 Å². The summed E-state index contributed by atoms with van der Waals surface area (Å²) in [6.07, 6.45) is 4.07. The Morgan fingerprint density at radius 2 is 2.27 bits per heavy atom. The molecular weight excluding hydrogens is 152 g/mol. The van der Waals surface area contributed by atoms with Crippen LogP contribution in [0.15, 0.2) is 12.2 Å². The maximum atomic E-state index is 4.14. The molecule has 0 radical (unpaired) electrons. The van der Waals surface area contributed by atoms with Gasteiger partial charge in [0.15, 0.2) is 0 Å². The van der Waals surface area contributed by atoms with Crippen molar-refractivity contribution in [3.63, 3.8) is 0 Å². The summed E-state index contributed by atoms with van der Waals surface area (Å²) < 4.78 is 0.532. The lowest BCUT2D eigenvalue weighted by atomic mass is 9.80. The monoisotopic (exact) mass is 168 g/mol. The van der Waals surface area contributed by atoms with E-state index in [1.807, 2.05) is 0 Å². The Hall–Kier alpha value is 0.0900. The molecule has 1 saturated carbocycles. The highest BCUT2D eigenvalue weighted by Crippen LogP contribution is 2.55. The van der Waals surface area contributed by atoms with E-state index in [1.165, 1.54) is 24.8 Å². The smallest absolute Gasteiger partial charge is 0.0262 e. The van der Waals surface area contributed by atoms with Gasteiger partial charge in [0.05, 0.1) is 0 Å². The first-order valence-corrected chi connectivity index (χ1v) is 5.33. The van der Waals surface area contributed by atoms with Crippen LogP contribution in [0.5, 0.6) is 0 Å². The third kappa shape index (κ3) is 1.14. The third-order valence-electron chi connectivity index (χ3n) is 3.20. The number of hydrogen-bond donors (Lipinski definition) is 0. The second-order valence-corrected chi connectivity index (χ2v) is 6.20. The lowest BCUT2D eigenvalue weighted by Crippen LogP contribution is -2.22. The van der Waals surface area contributed by atoms with E-state index in [9.17, 15) is 0 Å². The summed E-state index contributed by atoms with van der Waals surface area (Å²) in [6.45, 7) is 8.92. The van der Waals surface area contributed by atoms with E-state index in [-0.39, 0.29) is 0 Å². The lowest BCUT2D eigenvalue weighted by molar-refractivity contribution is 0.374. The first kappa shape index (κ1) is 7.72. The van der Waals surface area contributed by atoms with Crippen LogP contribution in [0.1, 0.15) is 33.1 Å². The minimum absolute atomic E-state index is 0.532. The third-order valence-corrected chi connectivity index (χ3v) is 4.95. The van der Waals surface area contributed by atoms with Gasteiger partial charge >= 0.3 is 0 Å². The maximum Gasteiger partial charge on any atom is 0.0262 e. The highest BCUT2D eigenvalue weighted by atomic mass is 32.2. The molecule has 0 aromatic rings. The average molecular weight is 168 g/mol. The van der Waals surface area contributed by atoms with Crippen LogP contribution in [0.25, 0.3) is 0 Å². The zero-order chi connectivity index (χ0) is 8.06. The van der Waals surface area contributed by atoms with Crippen LogP contribution < -0.4 is 0 Å². The van der Waals surface area contributed by atoms with E-state index >= 15 is 0 Å². The SMILES string of the molecule is C=C1CC[C@@H]2C[C@H]1SC2(C)C. The lowest BCUT2D eigenvalue weighted by Gasteiger charge is -2.25. The predicted molar refractivity (Wildman–Crippen MR) is 51.9 cm³/mol. The minimum atomic E-state index is 0.532. The van der Waals surface area contributed by atoms with Crippen molar-refractivity contribution < 1.29 is 0 Å². The molecule has 1 aliphatic heterocycles. The standard InChI is InChI=1S/C10H16S/c1-7-4-5-8-6-9(7)11-10(8,2)3/h8-9H,1,4-6H2,2-3H3/t8-,9-/m1/s1. The Labute approximate surface area is 73.4 Å². The summed E-state index contributed by atoms with van der Waals surface area (Å²) in [4.78, 5) is 0. The van der Waals surface area contributed by atoms with Crippen LogP contribution in [0.2, 0.25) is 0 Å². The fourth-order valence-corrected chi connectivity index (χ4v) is 4.04. The van der Waals surface area contributed by atoms with Crippen LogP contribution >= 0.6 is 11.8 Å². The van der Waals surface area contributed by atoms with Crippen LogP contribution in [0.4, 0.5) is 0 Å². The molecule has 0 aromatic heterocycles. The van der Waals surface area contributed by atoms with Gasteiger partial charge < -0.3 is 0 Å². The van der Waals surface area contributed by atoms with Gasteiger partial charge in [0.2, 0.25) is 0 Å². The predicted octanol–water partition coefficient (Wildman–Crippen LogP) is 3.24. The molecule has 1 aliphatic carbocycles. The molecular formula is C10H16S. The van der Waals surface area contributed by atoms with E-state index in [2.05, 4.69) is 32.2 Å².